The van der Waals surface area contributed by atoms with E-state index in [4.69, 9.17) is 18.9 Å². The second-order valence-corrected chi connectivity index (χ2v) is 12.2. The predicted octanol–water partition coefficient (Wildman–Crippen LogP) is 10.1. The molecule has 0 amide bonds. The number of hydrogen-bond donors (Lipinski definition) is 0. The molecule has 10 nitrogen and oxygen atoms in total. The molecule has 0 unspecified atom stereocenters. The van der Waals surface area contributed by atoms with Crippen LogP contribution in [0.2, 0.25) is 0 Å². The zero-order chi connectivity index (χ0) is 42.9. The number of halogens is 8. The molecule has 0 spiro atoms. The first-order valence-corrected chi connectivity index (χ1v) is 17.6. The van der Waals surface area contributed by atoms with Crippen molar-refractivity contribution in [3.63, 3.8) is 0 Å². The zero-order valence-electron chi connectivity index (χ0n) is 30.8. The maximum atomic E-state index is 14.3. The Bertz CT molecular complexity index is 1750. The zero-order valence-corrected chi connectivity index (χ0v) is 30.8. The molecule has 0 saturated heterocycles. The van der Waals surface area contributed by atoms with Gasteiger partial charge in [0, 0.05) is 0 Å². The Balaban J connectivity index is 1.59. The molecule has 0 fully saturated rings. The number of rotatable bonds is 22. The van der Waals surface area contributed by atoms with Crippen LogP contribution in [0.5, 0.6) is 23.0 Å². The van der Waals surface area contributed by atoms with Crippen LogP contribution in [0.15, 0.2) is 85.5 Å². The molecule has 58 heavy (non-hydrogen) atoms. The van der Waals surface area contributed by atoms with Crippen LogP contribution in [0.3, 0.4) is 0 Å². The van der Waals surface area contributed by atoms with E-state index in [2.05, 4.69) is 22.6 Å². The lowest BCUT2D eigenvalue weighted by atomic mass is 10.0. The highest BCUT2D eigenvalue weighted by Crippen LogP contribution is 2.49. The second-order valence-electron chi connectivity index (χ2n) is 12.2. The maximum Gasteiger partial charge on any atom is 0.420 e. The van der Waals surface area contributed by atoms with Crippen LogP contribution in [0, 0.1) is 0 Å². The van der Waals surface area contributed by atoms with Gasteiger partial charge in [-0.2, -0.15) is 35.1 Å². The van der Waals surface area contributed by atoms with E-state index < -0.39 is 70.5 Å². The largest absolute Gasteiger partial charge is 0.494 e. The molecular formula is C40H38F8O10. The van der Waals surface area contributed by atoms with Gasteiger partial charge in [0.2, 0.25) is 11.7 Å². The maximum absolute atomic E-state index is 14.3. The van der Waals surface area contributed by atoms with Crippen molar-refractivity contribution in [1.29, 1.82) is 0 Å². The third-order valence-electron chi connectivity index (χ3n) is 7.81. The highest BCUT2D eigenvalue weighted by molar-refractivity contribution is 5.92. The van der Waals surface area contributed by atoms with Crippen molar-refractivity contribution < 1.29 is 82.7 Å². The topological polar surface area (TPSA) is 124 Å². The quantitative estimate of drug-likeness (QED) is 0.0318. The van der Waals surface area contributed by atoms with E-state index >= 15 is 0 Å². The summed E-state index contributed by atoms with van der Waals surface area (Å²) in [5.41, 5.74) is -5.41. The number of benzene rings is 3. The Labute approximate surface area is 327 Å². The number of hydrogen-bond acceptors (Lipinski definition) is 10. The van der Waals surface area contributed by atoms with Crippen LogP contribution >= 0.6 is 0 Å². The van der Waals surface area contributed by atoms with Crippen molar-refractivity contribution in [3.8, 4) is 23.0 Å². The molecule has 0 aromatic heterocycles. The van der Waals surface area contributed by atoms with Crippen LogP contribution in [-0.2, 0) is 31.4 Å². The van der Waals surface area contributed by atoms with Gasteiger partial charge in [0.05, 0.1) is 37.6 Å². The molecule has 0 N–H and O–H groups in total. The fourth-order valence-corrected chi connectivity index (χ4v) is 4.97. The molecule has 3 rings (SSSR count). The Morgan fingerprint density at radius 1 is 0.466 bits per heavy atom. The lowest BCUT2D eigenvalue weighted by Gasteiger charge is -2.21. The monoisotopic (exact) mass is 830 g/mol. The van der Waals surface area contributed by atoms with Crippen molar-refractivity contribution in [1.82, 2.24) is 0 Å². The minimum absolute atomic E-state index is 0.0185. The van der Waals surface area contributed by atoms with Gasteiger partial charge in [0.25, 0.3) is 0 Å². The molecule has 0 radical (unpaired) electrons. The smallest absolute Gasteiger partial charge is 0.420 e. The molecule has 0 aliphatic heterocycles. The number of alkyl halides is 6. The van der Waals surface area contributed by atoms with Crippen molar-refractivity contribution >= 4 is 23.9 Å². The number of carbonyl (C=O) groups excluding carboxylic acids is 4. The van der Waals surface area contributed by atoms with E-state index in [1.54, 1.807) is 0 Å². The predicted molar refractivity (Wildman–Crippen MR) is 190 cm³/mol. The molecule has 0 aliphatic carbocycles. The first kappa shape index (κ1) is 46.4. The van der Waals surface area contributed by atoms with Crippen LogP contribution in [0.1, 0.15) is 83.2 Å². The van der Waals surface area contributed by atoms with Crippen molar-refractivity contribution in [3.05, 3.63) is 108 Å². The summed E-state index contributed by atoms with van der Waals surface area (Å²) in [6, 6.07) is 10.6. The summed E-state index contributed by atoms with van der Waals surface area (Å²) in [7, 11) is 0. The summed E-state index contributed by atoms with van der Waals surface area (Å²) in [6.45, 7) is 6.15. The number of carbonyl (C=O) groups is 4. The van der Waals surface area contributed by atoms with E-state index in [9.17, 15) is 54.3 Å². The molecule has 0 bridgehead atoms. The molecule has 0 aliphatic rings. The molecule has 0 heterocycles. The Kier molecular flexibility index (Phi) is 17.7. The molecule has 3 aromatic rings. The minimum Gasteiger partial charge on any atom is -0.494 e. The number of esters is 4. The van der Waals surface area contributed by atoms with Crippen molar-refractivity contribution in [2.45, 2.75) is 63.7 Å². The van der Waals surface area contributed by atoms with E-state index in [0.29, 0.717) is 63.5 Å². The third-order valence-corrected chi connectivity index (χ3v) is 7.81. The van der Waals surface area contributed by atoms with Crippen LogP contribution in [0.25, 0.3) is 0 Å². The van der Waals surface area contributed by atoms with E-state index in [-0.39, 0.29) is 49.1 Å². The summed E-state index contributed by atoms with van der Waals surface area (Å²) in [5, 5.41) is 0. The van der Waals surface area contributed by atoms with Gasteiger partial charge in [-0.1, -0.05) is 13.2 Å². The Morgan fingerprint density at radius 3 is 1.07 bits per heavy atom. The number of ether oxygens (including phenoxy) is 6. The first-order valence-electron chi connectivity index (χ1n) is 17.6. The van der Waals surface area contributed by atoms with Crippen molar-refractivity contribution in [2.24, 2.45) is 0 Å². The summed E-state index contributed by atoms with van der Waals surface area (Å²) < 4.78 is 141. The lowest BCUT2D eigenvalue weighted by Crippen LogP contribution is -2.22. The molecule has 0 atom stereocenters. The fraction of sp³-hybridized carbons (Fsp3) is 0.350. The minimum atomic E-state index is -5.73. The van der Waals surface area contributed by atoms with Crippen LogP contribution in [0.4, 0.5) is 35.1 Å². The van der Waals surface area contributed by atoms with Gasteiger partial charge in [-0.15, -0.1) is 0 Å². The van der Waals surface area contributed by atoms with Gasteiger partial charge in [0.1, 0.15) is 34.1 Å². The standard InChI is InChI=1S/C40H38F8O10/c1-25(41)35(49)55-23-9-5-3-7-21-53-29-15-11-27(12-16-29)37(51)57-31-19-20-32(34(40(46,47)48)33(31)39(43,44)45)58-38(52)28-13-17-30(18-14-28)54-22-8-4-6-10-24-56-36(50)26(2)42/h11-20H,1-10,21-24H2. The van der Waals surface area contributed by atoms with Crippen LogP contribution in [-0.4, -0.2) is 50.3 Å². The van der Waals surface area contributed by atoms with Gasteiger partial charge in [-0.05, 0) is 112 Å². The highest BCUT2D eigenvalue weighted by atomic mass is 19.4. The van der Waals surface area contributed by atoms with Gasteiger partial charge >= 0.3 is 36.2 Å². The SMILES string of the molecule is C=C(F)C(=O)OCCCCCCOc1ccc(C(=O)Oc2ccc(OC(=O)c3ccc(OCCCCCCOC(=O)C(=C)F)cc3)c(C(F)(F)F)c2C(F)(F)F)cc1. The van der Waals surface area contributed by atoms with E-state index in [1.807, 2.05) is 0 Å². The average molecular weight is 831 g/mol. The van der Waals surface area contributed by atoms with Crippen molar-refractivity contribution in [2.75, 3.05) is 26.4 Å². The molecule has 18 heteroatoms. The Hall–Kier alpha value is -5.94. The first-order chi connectivity index (χ1) is 27.4. The van der Waals surface area contributed by atoms with Gasteiger partial charge in [-0.3, -0.25) is 0 Å². The third kappa shape index (κ3) is 15.2. The summed E-state index contributed by atoms with van der Waals surface area (Å²) in [5.74, 6) is -9.90. The highest BCUT2D eigenvalue weighted by Gasteiger charge is 2.49. The van der Waals surface area contributed by atoms with Gasteiger partial charge < -0.3 is 28.4 Å². The summed E-state index contributed by atoms with van der Waals surface area (Å²) >= 11 is 0. The van der Waals surface area contributed by atoms with Gasteiger partial charge in [0.15, 0.2) is 0 Å². The van der Waals surface area contributed by atoms with Crippen LogP contribution < -0.4 is 18.9 Å². The van der Waals surface area contributed by atoms with E-state index in [1.165, 1.54) is 24.3 Å². The molecular weight excluding hydrogens is 792 g/mol. The normalized spacial score (nSPS) is 11.3. The molecule has 0 saturated carbocycles. The lowest BCUT2D eigenvalue weighted by molar-refractivity contribution is -0.163. The summed E-state index contributed by atoms with van der Waals surface area (Å²) in [6.07, 6.45) is -6.76. The van der Waals surface area contributed by atoms with E-state index in [0.717, 1.165) is 24.3 Å². The Morgan fingerprint density at radius 2 is 0.776 bits per heavy atom. The summed E-state index contributed by atoms with van der Waals surface area (Å²) in [4.78, 5) is 47.6. The molecule has 3 aromatic carbocycles. The molecule has 314 valence electrons. The fourth-order valence-electron chi connectivity index (χ4n) is 4.97. The second kappa shape index (κ2) is 22.1. The average Bonchev–Trinajstić information content (AvgIpc) is 3.16. The number of unbranched alkanes of at least 4 members (excludes halogenated alkanes) is 6. The van der Waals surface area contributed by atoms with Gasteiger partial charge in [-0.25, -0.2) is 19.2 Å².